The van der Waals surface area contributed by atoms with Crippen LogP contribution in [0.15, 0.2) is 24.3 Å². The monoisotopic (exact) mass is 164 g/mol. The van der Waals surface area contributed by atoms with Gasteiger partial charge in [0.05, 0.1) is 18.8 Å². The second-order valence-electron chi connectivity index (χ2n) is 3.07. The number of hydrogen-bond donors (Lipinski definition) is 1. The van der Waals surface area contributed by atoms with Crippen molar-refractivity contribution in [2.45, 2.75) is 18.6 Å². The van der Waals surface area contributed by atoms with Gasteiger partial charge in [-0.15, -0.1) is 0 Å². The molecule has 0 bridgehead atoms. The topological polar surface area (TPSA) is 59.0 Å². The molecule has 0 saturated carbocycles. The average Bonchev–Trinajstić information content (AvgIpc) is 2.53. The van der Waals surface area contributed by atoms with Gasteiger partial charge in [-0.3, -0.25) is 0 Å². The van der Waals surface area contributed by atoms with Gasteiger partial charge in [0.15, 0.2) is 0 Å². The number of ether oxygens (including phenoxy) is 1. The highest BCUT2D eigenvalue weighted by atomic mass is 16.5. The summed E-state index contributed by atoms with van der Waals surface area (Å²) in [5, 5.41) is 8.58. The fraction of sp³-hybridized carbons (Fsp3) is 0.444. The Morgan fingerprint density at radius 2 is 2.17 bits per heavy atom. The zero-order valence-corrected chi connectivity index (χ0v) is 7.03. The molecule has 1 unspecified atom stereocenters. The number of allylic oxidation sites excluding steroid dienone is 2. The fourth-order valence-corrected chi connectivity index (χ4v) is 0.824. The Bertz CT molecular complexity index is 236. The van der Waals surface area contributed by atoms with Crippen LogP contribution in [-0.2, 0) is 4.74 Å². The molecule has 3 heteroatoms. The van der Waals surface area contributed by atoms with Crippen molar-refractivity contribution in [2.75, 3.05) is 6.61 Å². The lowest BCUT2D eigenvalue weighted by molar-refractivity contribution is 0.0918. The van der Waals surface area contributed by atoms with Crippen molar-refractivity contribution in [2.24, 2.45) is 5.73 Å². The molecule has 3 nitrogen and oxygen atoms in total. The van der Waals surface area contributed by atoms with Crippen LogP contribution in [0.2, 0.25) is 0 Å². The van der Waals surface area contributed by atoms with Crippen LogP contribution in [-0.4, -0.2) is 18.2 Å². The maximum atomic E-state index is 8.58. The molecule has 0 saturated heterocycles. The van der Waals surface area contributed by atoms with E-state index in [9.17, 15) is 0 Å². The van der Waals surface area contributed by atoms with E-state index in [0.717, 1.165) is 0 Å². The van der Waals surface area contributed by atoms with Crippen LogP contribution in [0.3, 0.4) is 0 Å². The van der Waals surface area contributed by atoms with Gasteiger partial charge >= 0.3 is 0 Å². The number of hydrogen-bond acceptors (Lipinski definition) is 3. The molecule has 0 fully saturated rings. The van der Waals surface area contributed by atoms with E-state index < -0.39 is 5.54 Å². The number of rotatable bonds is 3. The van der Waals surface area contributed by atoms with Gasteiger partial charge < -0.3 is 10.5 Å². The second-order valence-corrected chi connectivity index (χ2v) is 3.07. The molecular formula is C9H12N2O. The maximum absolute atomic E-state index is 8.58. The Balaban J connectivity index is 2.31. The molecule has 0 heterocycles. The third-order valence-corrected chi connectivity index (χ3v) is 1.54. The van der Waals surface area contributed by atoms with E-state index in [2.05, 4.69) is 0 Å². The number of nitrogens with zero attached hydrogens (tertiary/aromatic N) is 1. The minimum Gasteiger partial charge on any atom is -0.367 e. The van der Waals surface area contributed by atoms with Crippen LogP contribution in [0.4, 0.5) is 0 Å². The van der Waals surface area contributed by atoms with E-state index in [0.29, 0.717) is 0 Å². The molecule has 0 amide bonds. The Morgan fingerprint density at radius 1 is 1.58 bits per heavy atom. The summed E-state index contributed by atoms with van der Waals surface area (Å²) in [7, 11) is 0. The van der Waals surface area contributed by atoms with Gasteiger partial charge in [-0.1, -0.05) is 24.3 Å². The van der Waals surface area contributed by atoms with E-state index in [1.165, 1.54) is 0 Å². The molecule has 64 valence electrons. The van der Waals surface area contributed by atoms with E-state index in [4.69, 9.17) is 15.7 Å². The van der Waals surface area contributed by atoms with Gasteiger partial charge in [-0.25, -0.2) is 0 Å². The van der Waals surface area contributed by atoms with Crippen molar-refractivity contribution < 1.29 is 4.74 Å². The van der Waals surface area contributed by atoms with Gasteiger partial charge in [0.25, 0.3) is 0 Å². The molecular weight excluding hydrogens is 152 g/mol. The summed E-state index contributed by atoms with van der Waals surface area (Å²) >= 11 is 0. The molecule has 12 heavy (non-hydrogen) atoms. The van der Waals surface area contributed by atoms with Crippen molar-refractivity contribution in [3.63, 3.8) is 0 Å². The molecule has 0 aliphatic heterocycles. The van der Waals surface area contributed by atoms with E-state index in [-0.39, 0.29) is 12.7 Å². The second kappa shape index (κ2) is 3.53. The first-order valence-electron chi connectivity index (χ1n) is 3.81. The minimum absolute atomic E-state index is 0.0128. The Labute approximate surface area is 72.1 Å². The zero-order chi connectivity index (χ0) is 9.03. The largest absolute Gasteiger partial charge is 0.367 e. The van der Waals surface area contributed by atoms with Crippen LogP contribution in [0.25, 0.3) is 0 Å². The highest BCUT2D eigenvalue weighted by Crippen LogP contribution is 2.07. The molecule has 1 aliphatic rings. The molecule has 0 aromatic carbocycles. The lowest BCUT2D eigenvalue weighted by Crippen LogP contribution is -2.40. The van der Waals surface area contributed by atoms with E-state index in [1.807, 2.05) is 30.4 Å². The van der Waals surface area contributed by atoms with E-state index >= 15 is 0 Å². The Kier molecular flexibility index (Phi) is 2.64. The standard InChI is InChI=1S/C9H12N2O/c1-9(11,6-10)7-12-8-4-2-3-5-8/h2-5,8H,7,11H2,1H3. The van der Waals surface area contributed by atoms with Crippen molar-refractivity contribution in [3.05, 3.63) is 24.3 Å². The lowest BCUT2D eigenvalue weighted by Gasteiger charge is -2.17. The van der Waals surface area contributed by atoms with Crippen molar-refractivity contribution in [1.29, 1.82) is 5.26 Å². The quantitative estimate of drug-likeness (QED) is 0.669. The first-order chi connectivity index (χ1) is 5.64. The normalized spacial score (nSPS) is 20.8. The van der Waals surface area contributed by atoms with Gasteiger partial charge in [-0.2, -0.15) is 5.26 Å². The van der Waals surface area contributed by atoms with Gasteiger partial charge in [0, 0.05) is 0 Å². The summed E-state index contributed by atoms with van der Waals surface area (Å²) in [6, 6.07) is 1.97. The van der Waals surface area contributed by atoms with Crippen LogP contribution in [0, 0.1) is 11.3 Å². The predicted octanol–water partition coefficient (Wildman–Crippen LogP) is 0.739. The van der Waals surface area contributed by atoms with Crippen molar-refractivity contribution in [1.82, 2.24) is 0 Å². The van der Waals surface area contributed by atoms with Crippen LogP contribution < -0.4 is 5.73 Å². The number of nitrogens with two attached hydrogens (primary N) is 1. The van der Waals surface area contributed by atoms with Crippen LogP contribution in [0.5, 0.6) is 0 Å². The maximum Gasteiger partial charge on any atom is 0.125 e. The average molecular weight is 164 g/mol. The first-order valence-corrected chi connectivity index (χ1v) is 3.81. The van der Waals surface area contributed by atoms with Gasteiger partial charge in [0.1, 0.15) is 5.54 Å². The third-order valence-electron chi connectivity index (χ3n) is 1.54. The van der Waals surface area contributed by atoms with Crippen molar-refractivity contribution in [3.8, 4) is 6.07 Å². The van der Waals surface area contributed by atoms with E-state index in [1.54, 1.807) is 6.92 Å². The molecule has 0 aromatic heterocycles. The summed E-state index contributed by atoms with van der Waals surface area (Å²) in [5.74, 6) is 0. The van der Waals surface area contributed by atoms with Gasteiger partial charge in [-0.05, 0) is 6.92 Å². The smallest absolute Gasteiger partial charge is 0.125 e. The molecule has 1 rings (SSSR count). The molecule has 0 radical (unpaired) electrons. The molecule has 2 N–H and O–H groups in total. The summed E-state index contributed by atoms with van der Waals surface area (Å²) < 4.78 is 5.34. The molecule has 1 aliphatic carbocycles. The number of nitriles is 1. The highest BCUT2D eigenvalue weighted by molar-refractivity contribution is 5.19. The molecule has 0 aromatic rings. The fourth-order valence-electron chi connectivity index (χ4n) is 0.824. The predicted molar refractivity (Wildman–Crippen MR) is 46.2 cm³/mol. The summed E-state index contributed by atoms with van der Waals surface area (Å²) in [5.41, 5.74) is 4.68. The molecule has 0 spiro atoms. The Morgan fingerprint density at radius 3 is 2.67 bits per heavy atom. The SMILES string of the molecule is CC(N)(C#N)COC1C=CC=C1. The minimum atomic E-state index is -0.885. The first kappa shape index (κ1) is 8.98. The van der Waals surface area contributed by atoms with Gasteiger partial charge in [0.2, 0.25) is 0 Å². The van der Waals surface area contributed by atoms with Crippen molar-refractivity contribution >= 4 is 0 Å². The van der Waals surface area contributed by atoms with Crippen LogP contribution in [0.1, 0.15) is 6.92 Å². The molecule has 1 atom stereocenters. The van der Waals surface area contributed by atoms with Crippen LogP contribution >= 0.6 is 0 Å². The summed E-state index contributed by atoms with van der Waals surface area (Å²) in [6.45, 7) is 1.90. The Hall–Kier alpha value is -1.11. The zero-order valence-electron chi connectivity index (χ0n) is 7.03. The highest BCUT2D eigenvalue weighted by Gasteiger charge is 2.19. The third kappa shape index (κ3) is 2.50. The summed E-state index contributed by atoms with van der Waals surface area (Å²) in [4.78, 5) is 0. The lowest BCUT2D eigenvalue weighted by atomic mass is 10.1. The summed E-state index contributed by atoms with van der Waals surface area (Å²) in [6.07, 6.45) is 7.62.